The number of nitrogens with one attached hydrogen (secondary N) is 1. The lowest BCUT2D eigenvalue weighted by Gasteiger charge is -2.03. The summed E-state index contributed by atoms with van der Waals surface area (Å²) < 4.78 is 15.2. The highest BCUT2D eigenvalue weighted by Gasteiger charge is 2.17. The normalized spacial score (nSPS) is 10.6. The summed E-state index contributed by atoms with van der Waals surface area (Å²) in [6.07, 6.45) is 2.59. The Labute approximate surface area is 149 Å². The molecule has 3 rings (SSSR count). The van der Waals surface area contributed by atoms with E-state index in [9.17, 15) is 4.79 Å². The van der Waals surface area contributed by atoms with Crippen LogP contribution in [-0.2, 0) is 6.61 Å². The summed E-state index contributed by atoms with van der Waals surface area (Å²) in [6.45, 7) is 4.70. The van der Waals surface area contributed by atoms with Crippen LogP contribution in [0.15, 0.2) is 35.0 Å². The summed E-state index contributed by atoms with van der Waals surface area (Å²) in [5.41, 5.74) is 2.17. The fourth-order valence-electron chi connectivity index (χ4n) is 2.17. The van der Waals surface area contributed by atoms with E-state index in [4.69, 9.17) is 9.26 Å². The average Bonchev–Trinajstić information content (AvgIpc) is 3.25. The molecular weight excluding hydrogens is 340 g/mol. The third-order valence-corrected chi connectivity index (χ3v) is 4.28. The van der Waals surface area contributed by atoms with E-state index in [0.29, 0.717) is 28.8 Å². The largest absolute Gasteiger partial charge is 0.472 e. The van der Waals surface area contributed by atoms with Crippen LogP contribution in [0.4, 0.5) is 0 Å². The van der Waals surface area contributed by atoms with Crippen molar-refractivity contribution in [2.45, 2.75) is 26.9 Å². The zero-order valence-corrected chi connectivity index (χ0v) is 14.8. The van der Waals surface area contributed by atoms with E-state index in [1.54, 1.807) is 12.3 Å². The number of amides is 1. The minimum absolute atomic E-state index is 0.135. The lowest BCUT2D eigenvalue weighted by Crippen LogP contribution is -2.22. The summed E-state index contributed by atoms with van der Waals surface area (Å²) in [6, 6.07) is 7.23. The van der Waals surface area contributed by atoms with Crippen molar-refractivity contribution in [3.8, 4) is 17.3 Å². The van der Waals surface area contributed by atoms with Gasteiger partial charge in [-0.1, -0.05) is 18.1 Å². The summed E-state index contributed by atoms with van der Waals surface area (Å²) >= 11 is 1.11. The molecule has 3 aromatic rings. The van der Waals surface area contributed by atoms with Crippen molar-refractivity contribution in [3.63, 3.8) is 0 Å². The van der Waals surface area contributed by atoms with Crippen LogP contribution in [0.3, 0.4) is 0 Å². The van der Waals surface area contributed by atoms with Gasteiger partial charge < -0.3 is 14.6 Å². The molecule has 0 aromatic carbocycles. The molecular formula is C17H18N4O3S. The highest BCUT2D eigenvalue weighted by molar-refractivity contribution is 7.08. The van der Waals surface area contributed by atoms with Crippen molar-refractivity contribution in [2.75, 3.05) is 6.54 Å². The number of rotatable bonds is 7. The Hall–Kier alpha value is -2.74. The number of hydrogen-bond donors (Lipinski definition) is 1. The number of pyridine rings is 1. The Morgan fingerprint density at radius 3 is 3.04 bits per heavy atom. The lowest BCUT2D eigenvalue weighted by atomic mass is 10.1. The first-order valence-corrected chi connectivity index (χ1v) is 8.70. The second kappa shape index (κ2) is 7.89. The molecule has 0 saturated carbocycles. The van der Waals surface area contributed by atoms with Crippen LogP contribution in [0.25, 0.3) is 11.4 Å². The first-order valence-electron chi connectivity index (χ1n) is 7.93. The van der Waals surface area contributed by atoms with Gasteiger partial charge in [-0.15, -0.1) is 0 Å². The molecule has 1 amide bonds. The van der Waals surface area contributed by atoms with Crippen molar-refractivity contribution >= 4 is 17.4 Å². The Balaban J connectivity index is 1.70. The second-order valence-corrected chi connectivity index (χ2v) is 6.16. The molecule has 0 saturated heterocycles. The van der Waals surface area contributed by atoms with E-state index in [1.165, 1.54) is 0 Å². The molecule has 0 aliphatic heterocycles. The van der Waals surface area contributed by atoms with Gasteiger partial charge in [0.2, 0.25) is 5.88 Å². The molecule has 8 heteroatoms. The maximum atomic E-state index is 11.9. The van der Waals surface area contributed by atoms with Gasteiger partial charge in [-0.05, 0) is 37.0 Å². The number of ether oxygens (including phenoxy) is 1. The molecule has 0 bridgehead atoms. The van der Waals surface area contributed by atoms with Crippen LogP contribution in [0.1, 0.15) is 34.3 Å². The van der Waals surface area contributed by atoms with Gasteiger partial charge in [-0.3, -0.25) is 9.78 Å². The van der Waals surface area contributed by atoms with E-state index in [0.717, 1.165) is 29.2 Å². The molecule has 0 aliphatic rings. The number of aryl methyl sites for hydroxylation is 1. The van der Waals surface area contributed by atoms with E-state index in [2.05, 4.69) is 19.8 Å². The molecule has 130 valence electrons. The molecule has 3 aromatic heterocycles. The van der Waals surface area contributed by atoms with Crippen LogP contribution < -0.4 is 10.1 Å². The number of aromatic nitrogens is 3. The fourth-order valence-corrected chi connectivity index (χ4v) is 2.77. The molecule has 0 fully saturated rings. The van der Waals surface area contributed by atoms with Crippen molar-refractivity contribution < 1.29 is 14.1 Å². The molecule has 3 heterocycles. The predicted octanol–water partition coefficient (Wildman–Crippen LogP) is 3.22. The summed E-state index contributed by atoms with van der Waals surface area (Å²) in [7, 11) is 0. The zero-order valence-electron chi connectivity index (χ0n) is 14.0. The second-order valence-electron chi connectivity index (χ2n) is 5.35. The standard InChI is InChI=1S/C17H18N4O3S/c1-3-7-19-17(22)14-9-15(21-25-14)23-10-12-11(2)24-20-16(12)13-6-4-5-8-18-13/h4-6,8-9H,3,7,10H2,1-2H3,(H,19,22). The van der Waals surface area contributed by atoms with Gasteiger partial charge in [0.05, 0.1) is 11.3 Å². The minimum atomic E-state index is -0.135. The van der Waals surface area contributed by atoms with Gasteiger partial charge in [-0.25, -0.2) is 0 Å². The maximum absolute atomic E-state index is 11.9. The molecule has 1 N–H and O–H groups in total. The van der Waals surface area contributed by atoms with Gasteiger partial charge in [0.15, 0.2) is 0 Å². The van der Waals surface area contributed by atoms with E-state index in [-0.39, 0.29) is 12.5 Å². The molecule has 25 heavy (non-hydrogen) atoms. The number of carbonyl (C=O) groups excluding carboxylic acids is 1. The molecule has 0 radical (unpaired) electrons. The fraction of sp³-hybridized carbons (Fsp3) is 0.294. The van der Waals surface area contributed by atoms with Gasteiger partial charge in [-0.2, -0.15) is 4.37 Å². The van der Waals surface area contributed by atoms with E-state index >= 15 is 0 Å². The van der Waals surface area contributed by atoms with Crippen molar-refractivity contribution in [1.29, 1.82) is 0 Å². The maximum Gasteiger partial charge on any atom is 0.263 e. The molecule has 0 aliphatic carbocycles. The van der Waals surface area contributed by atoms with Crippen LogP contribution in [0.5, 0.6) is 5.88 Å². The third kappa shape index (κ3) is 4.03. The Kier molecular flexibility index (Phi) is 5.39. The topological polar surface area (TPSA) is 90.1 Å². The number of carbonyl (C=O) groups is 1. The summed E-state index contributed by atoms with van der Waals surface area (Å²) in [5, 5.41) is 6.88. The van der Waals surface area contributed by atoms with Crippen molar-refractivity contribution in [2.24, 2.45) is 0 Å². The third-order valence-electron chi connectivity index (χ3n) is 3.50. The number of nitrogens with zero attached hydrogens (tertiary/aromatic N) is 3. The van der Waals surface area contributed by atoms with E-state index < -0.39 is 0 Å². The molecule has 0 unspecified atom stereocenters. The molecule has 0 spiro atoms. The van der Waals surface area contributed by atoms with Crippen LogP contribution in [0, 0.1) is 6.92 Å². The van der Waals surface area contributed by atoms with Gasteiger partial charge in [0.1, 0.15) is 22.9 Å². The quantitative estimate of drug-likeness (QED) is 0.697. The van der Waals surface area contributed by atoms with Crippen LogP contribution >= 0.6 is 11.5 Å². The summed E-state index contributed by atoms with van der Waals surface area (Å²) in [4.78, 5) is 16.7. The highest BCUT2D eigenvalue weighted by atomic mass is 32.1. The molecule has 7 nitrogen and oxygen atoms in total. The van der Waals surface area contributed by atoms with Gasteiger partial charge >= 0.3 is 0 Å². The Morgan fingerprint density at radius 2 is 2.28 bits per heavy atom. The SMILES string of the molecule is CCCNC(=O)c1cc(OCc2c(-c3ccccn3)noc2C)ns1. The lowest BCUT2D eigenvalue weighted by molar-refractivity contribution is 0.0957. The summed E-state index contributed by atoms with van der Waals surface area (Å²) in [5.74, 6) is 0.931. The van der Waals surface area contributed by atoms with Gasteiger partial charge in [0, 0.05) is 18.8 Å². The van der Waals surface area contributed by atoms with Crippen molar-refractivity contribution in [3.05, 3.63) is 46.7 Å². The monoisotopic (exact) mass is 358 g/mol. The first kappa shape index (κ1) is 17.1. The van der Waals surface area contributed by atoms with Gasteiger partial charge in [0.25, 0.3) is 5.91 Å². The highest BCUT2D eigenvalue weighted by Crippen LogP contribution is 2.25. The minimum Gasteiger partial charge on any atom is -0.472 e. The predicted molar refractivity (Wildman–Crippen MR) is 93.5 cm³/mol. The average molecular weight is 358 g/mol. The first-order chi connectivity index (χ1) is 12.2. The Morgan fingerprint density at radius 1 is 1.40 bits per heavy atom. The van der Waals surface area contributed by atoms with Crippen LogP contribution in [-0.4, -0.2) is 27.0 Å². The Bertz CT molecular complexity index is 845. The zero-order chi connectivity index (χ0) is 17.6. The smallest absolute Gasteiger partial charge is 0.263 e. The van der Waals surface area contributed by atoms with E-state index in [1.807, 2.05) is 32.0 Å². The molecule has 0 atom stereocenters. The van der Waals surface area contributed by atoms with Crippen LogP contribution in [0.2, 0.25) is 0 Å². The van der Waals surface area contributed by atoms with Crippen molar-refractivity contribution in [1.82, 2.24) is 19.8 Å². The number of hydrogen-bond acceptors (Lipinski definition) is 7.